The van der Waals surface area contributed by atoms with Gasteiger partial charge in [-0.25, -0.2) is 9.59 Å². The second-order valence-corrected chi connectivity index (χ2v) is 6.01. The molecule has 0 fully saturated rings. The maximum atomic E-state index is 11.5. The lowest BCUT2D eigenvalue weighted by Crippen LogP contribution is -2.19. The van der Waals surface area contributed by atoms with E-state index in [-0.39, 0.29) is 33.0 Å². The summed E-state index contributed by atoms with van der Waals surface area (Å²) in [5.74, 6) is -0.970. The molecule has 0 saturated carbocycles. The van der Waals surface area contributed by atoms with Crippen molar-refractivity contribution in [3.05, 3.63) is 71.8 Å². The van der Waals surface area contributed by atoms with E-state index in [4.69, 9.17) is 23.7 Å². The van der Waals surface area contributed by atoms with E-state index in [1.165, 1.54) is 0 Å². The second-order valence-electron chi connectivity index (χ2n) is 6.01. The zero-order chi connectivity index (χ0) is 20.6. The van der Waals surface area contributed by atoms with Crippen LogP contribution < -0.4 is 0 Å². The van der Waals surface area contributed by atoms with Crippen molar-refractivity contribution in [2.75, 3.05) is 39.6 Å². The van der Waals surface area contributed by atoms with Crippen LogP contribution in [0.3, 0.4) is 0 Å². The van der Waals surface area contributed by atoms with Gasteiger partial charge in [-0.3, -0.25) is 0 Å². The summed E-state index contributed by atoms with van der Waals surface area (Å²) in [6.07, 6.45) is 0. The number of hydrogen-bond donors (Lipinski definition) is 0. The standard InChI is InChI=1S/C22H26O7/c23-21(17-26-12-11-25-15-19-7-3-1-4-8-19)28-14-13-27-18-22(24)29-16-20-9-5-2-6-10-20/h1-10H,11-18H2. The number of hydrogen-bond acceptors (Lipinski definition) is 7. The van der Waals surface area contributed by atoms with Gasteiger partial charge in [0.15, 0.2) is 0 Å². The van der Waals surface area contributed by atoms with E-state index in [9.17, 15) is 9.59 Å². The molecule has 0 aliphatic heterocycles. The predicted molar refractivity (Wildman–Crippen MR) is 105 cm³/mol. The molecule has 2 rings (SSSR count). The summed E-state index contributed by atoms with van der Waals surface area (Å²) in [5, 5.41) is 0. The number of carbonyl (C=O) groups is 2. The molecular weight excluding hydrogens is 376 g/mol. The summed E-state index contributed by atoms with van der Waals surface area (Å²) in [6, 6.07) is 19.2. The van der Waals surface area contributed by atoms with Gasteiger partial charge in [0, 0.05) is 0 Å². The van der Waals surface area contributed by atoms with Crippen LogP contribution in [0.25, 0.3) is 0 Å². The van der Waals surface area contributed by atoms with Crippen molar-refractivity contribution in [3.63, 3.8) is 0 Å². The zero-order valence-corrected chi connectivity index (χ0v) is 16.3. The number of benzene rings is 2. The van der Waals surface area contributed by atoms with Gasteiger partial charge < -0.3 is 23.7 Å². The molecule has 0 atom stereocenters. The quantitative estimate of drug-likeness (QED) is 0.355. The Kier molecular flexibility index (Phi) is 11.1. The molecule has 2 aromatic rings. The SMILES string of the molecule is O=C(COCCOCc1ccccc1)OCCOCC(=O)OCc1ccccc1. The predicted octanol–water partition coefficient (Wildman–Crippen LogP) is 2.52. The number of esters is 2. The monoisotopic (exact) mass is 402 g/mol. The maximum absolute atomic E-state index is 11.5. The lowest BCUT2D eigenvalue weighted by atomic mass is 10.2. The van der Waals surface area contributed by atoms with E-state index >= 15 is 0 Å². The first-order chi connectivity index (χ1) is 14.2. The highest BCUT2D eigenvalue weighted by Gasteiger charge is 2.06. The van der Waals surface area contributed by atoms with Crippen LogP contribution in [0.15, 0.2) is 60.7 Å². The third-order valence-corrected chi connectivity index (χ3v) is 3.66. The molecule has 0 heterocycles. The fraction of sp³-hybridized carbons (Fsp3) is 0.364. The van der Waals surface area contributed by atoms with Crippen molar-refractivity contribution in [3.8, 4) is 0 Å². The molecule has 0 aliphatic carbocycles. The van der Waals surface area contributed by atoms with E-state index in [1.54, 1.807) is 0 Å². The Balaban J connectivity index is 1.38. The molecule has 0 radical (unpaired) electrons. The van der Waals surface area contributed by atoms with Gasteiger partial charge in [-0.15, -0.1) is 0 Å². The van der Waals surface area contributed by atoms with Gasteiger partial charge in [0.1, 0.15) is 26.4 Å². The number of ether oxygens (including phenoxy) is 5. The van der Waals surface area contributed by atoms with Crippen molar-refractivity contribution < 1.29 is 33.3 Å². The molecule has 7 heteroatoms. The maximum Gasteiger partial charge on any atom is 0.332 e. The normalized spacial score (nSPS) is 10.5. The van der Waals surface area contributed by atoms with Crippen LogP contribution in [-0.4, -0.2) is 51.6 Å². The molecule has 0 aromatic heterocycles. The van der Waals surface area contributed by atoms with Crippen LogP contribution in [0.5, 0.6) is 0 Å². The fourth-order valence-electron chi connectivity index (χ4n) is 2.23. The molecular formula is C22H26O7. The van der Waals surface area contributed by atoms with Crippen LogP contribution in [-0.2, 0) is 46.5 Å². The molecule has 2 aromatic carbocycles. The minimum absolute atomic E-state index is 0.0403. The first-order valence-electron chi connectivity index (χ1n) is 9.36. The minimum atomic E-state index is -0.497. The summed E-state index contributed by atoms with van der Waals surface area (Å²) < 4.78 is 25.8. The largest absolute Gasteiger partial charge is 0.462 e. The van der Waals surface area contributed by atoms with Crippen molar-refractivity contribution in [1.29, 1.82) is 0 Å². The summed E-state index contributed by atoms with van der Waals surface area (Å²) in [6.45, 7) is 1.17. The zero-order valence-electron chi connectivity index (χ0n) is 16.3. The molecule has 0 bridgehead atoms. The van der Waals surface area contributed by atoms with Crippen LogP contribution in [0, 0.1) is 0 Å². The highest BCUT2D eigenvalue weighted by atomic mass is 16.6. The van der Waals surface area contributed by atoms with Crippen molar-refractivity contribution in [2.45, 2.75) is 13.2 Å². The highest BCUT2D eigenvalue weighted by molar-refractivity contribution is 5.71. The van der Waals surface area contributed by atoms with E-state index in [1.807, 2.05) is 60.7 Å². The fourth-order valence-corrected chi connectivity index (χ4v) is 2.23. The van der Waals surface area contributed by atoms with E-state index in [0.29, 0.717) is 19.8 Å². The smallest absolute Gasteiger partial charge is 0.332 e. The Hall–Kier alpha value is -2.74. The Bertz CT molecular complexity index is 704. The molecule has 0 aliphatic rings. The molecule has 0 spiro atoms. The van der Waals surface area contributed by atoms with Crippen LogP contribution >= 0.6 is 0 Å². The third-order valence-electron chi connectivity index (χ3n) is 3.66. The minimum Gasteiger partial charge on any atom is -0.462 e. The van der Waals surface area contributed by atoms with Gasteiger partial charge in [0.2, 0.25) is 0 Å². The first-order valence-corrected chi connectivity index (χ1v) is 9.36. The lowest BCUT2D eigenvalue weighted by molar-refractivity contribution is -0.154. The van der Waals surface area contributed by atoms with Crippen molar-refractivity contribution in [1.82, 2.24) is 0 Å². The van der Waals surface area contributed by atoms with Gasteiger partial charge in [-0.05, 0) is 11.1 Å². The van der Waals surface area contributed by atoms with Gasteiger partial charge in [-0.2, -0.15) is 0 Å². The third kappa shape index (κ3) is 11.0. The van der Waals surface area contributed by atoms with E-state index < -0.39 is 11.9 Å². The van der Waals surface area contributed by atoms with Crippen LogP contribution in [0.2, 0.25) is 0 Å². The van der Waals surface area contributed by atoms with Crippen LogP contribution in [0.1, 0.15) is 11.1 Å². The van der Waals surface area contributed by atoms with Gasteiger partial charge in [0.25, 0.3) is 0 Å². The van der Waals surface area contributed by atoms with Crippen molar-refractivity contribution in [2.24, 2.45) is 0 Å². The number of rotatable bonds is 14. The summed E-state index contributed by atoms with van der Waals surface area (Å²) >= 11 is 0. The average Bonchev–Trinajstić information content (AvgIpc) is 2.76. The summed E-state index contributed by atoms with van der Waals surface area (Å²) in [4.78, 5) is 23.1. The molecule has 7 nitrogen and oxygen atoms in total. The van der Waals surface area contributed by atoms with Gasteiger partial charge >= 0.3 is 11.9 Å². The van der Waals surface area contributed by atoms with Crippen LogP contribution in [0.4, 0.5) is 0 Å². The second kappa shape index (κ2) is 14.3. The molecule has 156 valence electrons. The molecule has 29 heavy (non-hydrogen) atoms. The Morgan fingerprint density at radius 3 is 1.66 bits per heavy atom. The van der Waals surface area contributed by atoms with Gasteiger partial charge in [0.05, 0.1) is 26.4 Å². The van der Waals surface area contributed by atoms with E-state index in [0.717, 1.165) is 11.1 Å². The van der Waals surface area contributed by atoms with Crippen molar-refractivity contribution >= 4 is 11.9 Å². The summed E-state index contributed by atoms with van der Waals surface area (Å²) in [5.41, 5.74) is 1.98. The number of carbonyl (C=O) groups excluding carboxylic acids is 2. The average molecular weight is 402 g/mol. The van der Waals surface area contributed by atoms with E-state index in [2.05, 4.69) is 0 Å². The molecule has 0 amide bonds. The first kappa shape index (κ1) is 22.5. The Morgan fingerprint density at radius 1 is 0.552 bits per heavy atom. The highest BCUT2D eigenvalue weighted by Crippen LogP contribution is 2.01. The summed E-state index contributed by atoms with van der Waals surface area (Å²) in [7, 11) is 0. The van der Waals surface area contributed by atoms with Gasteiger partial charge in [-0.1, -0.05) is 60.7 Å². The molecule has 0 unspecified atom stereocenters. The molecule has 0 saturated heterocycles. The lowest BCUT2D eigenvalue weighted by Gasteiger charge is -2.08. The Morgan fingerprint density at radius 2 is 1.03 bits per heavy atom. The molecule has 0 N–H and O–H groups in total. The topological polar surface area (TPSA) is 80.3 Å². The Labute approximate surface area is 170 Å².